The Hall–Kier alpha value is -1.10. The van der Waals surface area contributed by atoms with Gasteiger partial charge in [-0.15, -0.1) is 0 Å². The maximum Gasteiger partial charge on any atom is 0.156 e. The van der Waals surface area contributed by atoms with Crippen molar-refractivity contribution in [2.24, 2.45) is 5.73 Å². The molecule has 0 bridgehead atoms. The van der Waals surface area contributed by atoms with Crippen LogP contribution in [0.1, 0.15) is 0 Å². The molecule has 4 heteroatoms. The fourth-order valence-corrected chi connectivity index (χ4v) is 2.44. The van der Waals surface area contributed by atoms with Gasteiger partial charge >= 0.3 is 0 Å². The third kappa shape index (κ3) is 2.04. The standard InChI is InChI=1S/C12H20N3O/c13-5-6-15(7-9-16-10-8-15)12-4-2-1-3-11(12)14/h1-4H,5-10,13-14H2/q+1. The number of hydrogen-bond acceptors (Lipinski definition) is 3. The van der Waals surface area contributed by atoms with E-state index in [2.05, 4.69) is 6.07 Å². The van der Waals surface area contributed by atoms with Crippen molar-refractivity contribution in [3.63, 3.8) is 0 Å². The molecule has 1 aromatic rings. The number of ether oxygens (including phenoxy) is 1. The molecule has 0 aromatic heterocycles. The second-order valence-electron chi connectivity index (χ2n) is 4.28. The highest BCUT2D eigenvalue weighted by molar-refractivity contribution is 5.65. The Balaban J connectivity index is 2.34. The van der Waals surface area contributed by atoms with Gasteiger partial charge in [0, 0.05) is 12.6 Å². The van der Waals surface area contributed by atoms with E-state index in [0.717, 1.165) is 43.0 Å². The van der Waals surface area contributed by atoms with Gasteiger partial charge in [0.2, 0.25) is 0 Å². The monoisotopic (exact) mass is 222 g/mol. The normalized spacial score (nSPS) is 19.6. The van der Waals surface area contributed by atoms with Crippen molar-refractivity contribution < 1.29 is 4.74 Å². The van der Waals surface area contributed by atoms with Crippen LogP contribution < -0.4 is 16.0 Å². The highest BCUT2D eigenvalue weighted by atomic mass is 16.5. The average molecular weight is 222 g/mol. The van der Waals surface area contributed by atoms with Crippen LogP contribution in [0.15, 0.2) is 24.3 Å². The number of nitrogens with zero attached hydrogens (tertiary/aromatic N) is 1. The van der Waals surface area contributed by atoms with E-state index in [9.17, 15) is 0 Å². The molecule has 0 radical (unpaired) electrons. The molecule has 1 aliphatic rings. The van der Waals surface area contributed by atoms with Gasteiger partial charge in [-0.05, 0) is 6.07 Å². The number of anilines is 1. The van der Waals surface area contributed by atoms with Crippen LogP contribution in [0.4, 0.5) is 11.4 Å². The molecular formula is C12H20N3O+. The third-order valence-electron chi connectivity index (χ3n) is 3.33. The van der Waals surface area contributed by atoms with Crippen molar-refractivity contribution in [2.45, 2.75) is 0 Å². The Morgan fingerprint density at radius 3 is 2.50 bits per heavy atom. The predicted molar refractivity (Wildman–Crippen MR) is 67.1 cm³/mol. The van der Waals surface area contributed by atoms with E-state index in [1.165, 1.54) is 5.69 Å². The molecule has 0 unspecified atom stereocenters. The molecule has 0 saturated carbocycles. The second kappa shape index (κ2) is 4.82. The zero-order chi connectivity index (χ0) is 11.4. The maximum absolute atomic E-state index is 6.07. The molecule has 1 aromatic carbocycles. The van der Waals surface area contributed by atoms with Crippen LogP contribution in [0.25, 0.3) is 0 Å². The lowest BCUT2D eigenvalue weighted by molar-refractivity contribution is 0.0424. The topological polar surface area (TPSA) is 61.3 Å². The molecule has 2 rings (SSSR count). The second-order valence-corrected chi connectivity index (χ2v) is 4.28. The zero-order valence-corrected chi connectivity index (χ0v) is 9.56. The quantitative estimate of drug-likeness (QED) is 0.580. The molecule has 0 spiro atoms. The fraction of sp³-hybridized carbons (Fsp3) is 0.500. The summed E-state index contributed by atoms with van der Waals surface area (Å²) in [7, 11) is 0. The molecule has 4 N–H and O–H groups in total. The van der Waals surface area contributed by atoms with Crippen molar-refractivity contribution in [3.8, 4) is 0 Å². The van der Waals surface area contributed by atoms with Crippen molar-refractivity contribution in [3.05, 3.63) is 24.3 Å². The van der Waals surface area contributed by atoms with Crippen LogP contribution in [-0.2, 0) is 4.74 Å². The van der Waals surface area contributed by atoms with Crippen molar-refractivity contribution in [1.82, 2.24) is 4.48 Å². The minimum Gasteiger partial charge on any atom is -0.394 e. The van der Waals surface area contributed by atoms with Crippen LogP contribution in [-0.4, -0.2) is 39.4 Å². The van der Waals surface area contributed by atoms with E-state index in [1.807, 2.05) is 18.2 Å². The number of benzene rings is 1. The molecule has 88 valence electrons. The van der Waals surface area contributed by atoms with Gasteiger partial charge in [0.05, 0.1) is 25.4 Å². The molecule has 0 amide bonds. The van der Waals surface area contributed by atoms with Crippen LogP contribution in [0.3, 0.4) is 0 Å². The summed E-state index contributed by atoms with van der Waals surface area (Å²) in [6, 6.07) is 8.08. The number of rotatable bonds is 3. The predicted octanol–water partition coefficient (Wildman–Crippen LogP) is 0.565. The number of para-hydroxylation sites is 2. The summed E-state index contributed by atoms with van der Waals surface area (Å²) in [5.41, 5.74) is 13.9. The van der Waals surface area contributed by atoms with Crippen LogP contribution in [0, 0.1) is 0 Å². The van der Waals surface area contributed by atoms with Gasteiger partial charge in [0.15, 0.2) is 5.69 Å². The van der Waals surface area contributed by atoms with Crippen molar-refractivity contribution in [2.75, 3.05) is 45.1 Å². The van der Waals surface area contributed by atoms with Crippen molar-refractivity contribution >= 4 is 11.4 Å². The van der Waals surface area contributed by atoms with Gasteiger partial charge in [0.1, 0.15) is 13.1 Å². The lowest BCUT2D eigenvalue weighted by Crippen LogP contribution is -2.58. The molecule has 1 saturated heterocycles. The third-order valence-corrected chi connectivity index (χ3v) is 3.33. The average Bonchev–Trinajstić information content (AvgIpc) is 2.31. The summed E-state index contributed by atoms with van der Waals surface area (Å²) in [5, 5.41) is 0. The van der Waals surface area contributed by atoms with Crippen LogP contribution in [0.5, 0.6) is 0 Å². The zero-order valence-electron chi connectivity index (χ0n) is 9.56. The van der Waals surface area contributed by atoms with Gasteiger partial charge in [-0.1, -0.05) is 12.1 Å². The Morgan fingerprint density at radius 1 is 1.19 bits per heavy atom. The largest absolute Gasteiger partial charge is 0.394 e. The molecule has 0 aliphatic carbocycles. The van der Waals surface area contributed by atoms with E-state index < -0.39 is 0 Å². The van der Waals surface area contributed by atoms with E-state index >= 15 is 0 Å². The highest BCUT2D eigenvalue weighted by Crippen LogP contribution is 2.30. The van der Waals surface area contributed by atoms with Gasteiger partial charge < -0.3 is 16.2 Å². The first kappa shape index (κ1) is 11.4. The number of nitrogens with two attached hydrogens (primary N) is 2. The van der Waals surface area contributed by atoms with Gasteiger partial charge in [-0.3, -0.25) is 4.48 Å². The summed E-state index contributed by atoms with van der Waals surface area (Å²) >= 11 is 0. The van der Waals surface area contributed by atoms with Crippen LogP contribution in [0.2, 0.25) is 0 Å². The molecular weight excluding hydrogens is 202 g/mol. The minimum atomic E-state index is 0.675. The molecule has 4 nitrogen and oxygen atoms in total. The highest BCUT2D eigenvalue weighted by Gasteiger charge is 2.33. The van der Waals surface area contributed by atoms with E-state index in [4.69, 9.17) is 16.2 Å². The lowest BCUT2D eigenvalue weighted by Gasteiger charge is -2.41. The van der Waals surface area contributed by atoms with E-state index in [-0.39, 0.29) is 0 Å². The van der Waals surface area contributed by atoms with E-state index in [0.29, 0.717) is 6.54 Å². The first-order valence-corrected chi connectivity index (χ1v) is 5.77. The Kier molecular flexibility index (Phi) is 3.43. The number of nitrogen functional groups attached to an aromatic ring is 1. The van der Waals surface area contributed by atoms with Crippen molar-refractivity contribution in [1.29, 1.82) is 0 Å². The van der Waals surface area contributed by atoms with Crippen LogP contribution >= 0.6 is 0 Å². The number of quaternary nitrogens is 1. The minimum absolute atomic E-state index is 0.675. The Labute approximate surface area is 96.4 Å². The first-order valence-electron chi connectivity index (χ1n) is 5.77. The molecule has 16 heavy (non-hydrogen) atoms. The van der Waals surface area contributed by atoms with Gasteiger partial charge in [0.25, 0.3) is 0 Å². The number of hydrogen-bond donors (Lipinski definition) is 2. The van der Waals surface area contributed by atoms with E-state index in [1.54, 1.807) is 0 Å². The number of morpholine rings is 1. The maximum atomic E-state index is 6.07. The summed E-state index contributed by atoms with van der Waals surface area (Å²) in [6.07, 6.45) is 0. The summed E-state index contributed by atoms with van der Waals surface area (Å²) < 4.78 is 6.30. The SMILES string of the molecule is NCC[N+]1(c2ccccc2N)CCOCC1. The summed E-state index contributed by atoms with van der Waals surface area (Å²) in [5.74, 6) is 0. The lowest BCUT2D eigenvalue weighted by atomic mass is 10.1. The summed E-state index contributed by atoms with van der Waals surface area (Å²) in [6.45, 7) is 5.10. The van der Waals surface area contributed by atoms with Gasteiger partial charge in [-0.25, -0.2) is 0 Å². The smallest absolute Gasteiger partial charge is 0.156 e. The fourth-order valence-electron chi connectivity index (χ4n) is 2.44. The first-order chi connectivity index (χ1) is 7.78. The Morgan fingerprint density at radius 2 is 1.88 bits per heavy atom. The van der Waals surface area contributed by atoms with Gasteiger partial charge in [-0.2, -0.15) is 0 Å². The Bertz CT molecular complexity index is 342. The molecule has 1 aliphatic heterocycles. The molecule has 1 heterocycles. The summed E-state index contributed by atoms with van der Waals surface area (Å²) in [4.78, 5) is 0. The molecule has 1 fully saturated rings. The molecule has 0 atom stereocenters.